The molecule has 0 aromatic carbocycles. The summed E-state index contributed by atoms with van der Waals surface area (Å²) in [7, 11) is 0. The second kappa shape index (κ2) is 6.38. The number of ether oxygens (including phenoxy) is 2. The van der Waals surface area contributed by atoms with Crippen molar-refractivity contribution in [1.82, 2.24) is 5.32 Å². The smallest absolute Gasteiger partial charge is 0.411 e. The maximum Gasteiger partial charge on any atom is 0.412 e. The van der Waals surface area contributed by atoms with E-state index in [9.17, 15) is 4.79 Å². The van der Waals surface area contributed by atoms with Crippen molar-refractivity contribution >= 4 is 6.09 Å². The van der Waals surface area contributed by atoms with Gasteiger partial charge in [-0.3, -0.25) is 0 Å². The molecule has 1 aliphatic heterocycles. The number of carbonyl (C=O) groups excluding carboxylic acids is 1. The fourth-order valence-corrected chi connectivity index (χ4v) is 8.81. The Balaban J connectivity index is 1.01. The molecule has 0 radical (unpaired) electrons. The van der Waals surface area contributed by atoms with Gasteiger partial charge in [0.2, 0.25) is 11.6 Å². The molecular formula is C25H34N2O5. The molecule has 32 heavy (non-hydrogen) atoms. The largest absolute Gasteiger partial charge is 0.412 e. The molecular weight excluding hydrogens is 408 g/mol. The molecule has 0 aromatic rings. The summed E-state index contributed by atoms with van der Waals surface area (Å²) in [6.45, 7) is 3.09. The molecule has 7 rings (SSSR count). The van der Waals surface area contributed by atoms with Gasteiger partial charge in [-0.05, 0) is 79.3 Å². The zero-order valence-corrected chi connectivity index (χ0v) is 18.8. The monoisotopic (exact) mass is 442 g/mol. The number of hydrogen-bond donors (Lipinski definition) is 2. The number of carbonyl (C=O) groups is 1. The summed E-state index contributed by atoms with van der Waals surface area (Å²) < 4.78 is 12.2. The van der Waals surface area contributed by atoms with Crippen LogP contribution in [0.2, 0.25) is 0 Å². The molecule has 3 spiro atoms. The minimum absolute atomic E-state index is 0.0194. The number of nitrogens with two attached hydrogens (primary N) is 1. The van der Waals surface area contributed by atoms with E-state index in [2.05, 4.69) is 18.3 Å². The van der Waals surface area contributed by atoms with E-state index in [-0.39, 0.29) is 5.41 Å². The third-order valence-corrected chi connectivity index (χ3v) is 10.5. The Bertz CT molecular complexity index is 894. The standard InChI is InChI=1S/C25H34N2O5/c1-22(7-4-18(5-8-22)29-21(28)27-10-9-26)15-3-2-6-23(14-15)30-25(32-31-23)19-12-16-11-17-13-20(25)24(16,17)19/h4-5,7,15-17,19-20H,2-3,6,8-14,26H2,1H3,(H,27,28)/t15?,16?,17?,19?,20?,22?,23-,24?,25?/m1/s1. The first-order valence-corrected chi connectivity index (χ1v) is 12.6. The van der Waals surface area contributed by atoms with Crippen molar-refractivity contribution in [1.29, 1.82) is 0 Å². The Hall–Kier alpha value is -1.41. The van der Waals surface area contributed by atoms with Crippen molar-refractivity contribution in [3.8, 4) is 0 Å². The molecule has 1 amide bonds. The summed E-state index contributed by atoms with van der Waals surface area (Å²) >= 11 is 0. The van der Waals surface area contributed by atoms with Gasteiger partial charge in [0.05, 0.1) is 0 Å². The van der Waals surface area contributed by atoms with E-state index in [1.165, 1.54) is 19.3 Å². The maximum absolute atomic E-state index is 11.8. The van der Waals surface area contributed by atoms with Gasteiger partial charge in [-0.2, -0.15) is 9.78 Å². The SMILES string of the molecule is CC1(C2CCC[C@]3(C2)OOC2(O3)C3CC4CC5CC2C453)C=CC(OC(=O)NCCN)=CC1. The summed E-state index contributed by atoms with van der Waals surface area (Å²) in [6.07, 6.45) is 14.5. The molecule has 7 atom stereocenters. The van der Waals surface area contributed by atoms with Crippen LogP contribution < -0.4 is 11.1 Å². The fourth-order valence-electron chi connectivity index (χ4n) is 8.81. The highest BCUT2D eigenvalue weighted by Gasteiger charge is 2.93. The Morgan fingerprint density at radius 1 is 1.22 bits per heavy atom. The highest BCUT2D eigenvalue weighted by atomic mass is 17.3. The van der Waals surface area contributed by atoms with Gasteiger partial charge in [0.1, 0.15) is 5.76 Å². The molecule has 1 heterocycles. The van der Waals surface area contributed by atoms with E-state index < -0.39 is 17.7 Å². The first kappa shape index (κ1) is 20.0. The van der Waals surface area contributed by atoms with Gasteiger partial charge < -0.3 is 20.5 Å². The molecule has 3 N–H and O–H groups in total. The van der Waals surface area contributed by atoms with Crippen LogP contribution in [0.15, 0.2) is 24.0 Å². The average molecular weight is 443 g/mol. The molecule has 6 fully saturated rings. The summed E-state index contributed by atoms with van der Waals surface area (Å²) in [6, 6.07) is 0. The highest BCUT2D eigenvalue weighted by Crippen LogP contribution is 2.92. The van der Waals surface area contributed by atoms with Crippen molar-refractivity contribution in [2.45, 2.75) is 69.9 Å². The van der Waals surface area contributed by atoms with Crippen LogP contribution in [0.1, 0.15) is 58.3 Å². The minimum Gasteiger partial charge on any atom is -0.411 e. The quantitative estimate of drug-likeness (QED) is 0.644. The summed E-state index contributed by atoms with van der Waals surface area (Å²) in [5.41, 5.74) is 5.98. The van der Waals surface area contributed by atoms with E-state index in [4.69, 9.17) is 25.0 Å². The lowest BCUT2D eigenvalue weighted by atomic mass is 9.16. The molecule has 174 valence electrons. The zero-order valence-electron chi connectivity index (χ0n) is 18.8. The van der Waals surface area contributed by atoms with Crippen LogP contribution in [-0.4, -0.2) is 30.8 Å². The van der Waals surface area contributed by atoms with Gasteiger partial charge in [-0.15, -0.1) is 0 Å². The number of alkyl carbamates (subject to hydrolysis) is 1. The fraction of sp³-hybridized carbons (Fsp3) is 0.800. The molecule has 7 nitrogen and oxygen atoms in total. The second-order valence-electron chi connectivity index (χ2n) is 11.7. The molecule has 1 saturated heterocycles. The first-order chi connectivity index (χ1) is 15.4. The Morgan fingerprint density at radius 2 is 2.03 bits per heavy atom. The Morgan fingerprint density at radius 3 is 2.72 bits per heavy atom. The zero-order chi connectivity index (χ0) is 21.8. The van der Waals surface area contributed by atoms with E-state index in [0.29, 0.717) is 42.0 Å². The molecule has 5 saturated carbocycles. The molecule has 7 heteroatoms. The predicted molar refractivity (Wildman–Crippen MR) is 114 cm³/mol. The van der Waals surface area contributed by atoms with Gasteiger partial charge in [0.15, 0.2) is 0 Å². The number of allylic oxidation sites excluding steroid dienone is 3. The molecule has 0 bridgehead atoms. The number of rotatable bonds is 4. The van der Waals surface area contributed by atoms with Crippen molar-refractivity contribution in [2.75, 3.05) is 13.1 Å². The van der Waals surface area contributed by atoms with Gasteiger partial charge in [-0.1, -0.05) is 13.0 Å². The van der Waals surface area contributed by atoms with Crippen molar-refractivity contribution in [3.63, 3.8) is 0 Å². The third-order valence-electron chi connectivity index (χ3n) is 10.5. The van der Waals surface area contributed by atoms with Crippen LogP contribution in [0, 0.1) is 40.4 Å². The maximum atomic E-state index is 11.8. The molecule has 7 aliphatic rings. The lowest BCUT2D eigenvalue weighted by Gasteiger charge is -2.89. The van der Waals surface area contributed by atoms with Gasteiger partial charge >= 0.3 is 6.09 Å². The van der Waals surface area contributed by atoms with Crippen molar-refractivity contribution in [2.24, 2.45) is 46.2 Å². The Labute approximate surface area is 189 Å². The van der Waals surface area contributed by atoms with E-state index in [1.807, 2.05) is 12.2 Å². The highest BCUT2D eigenvalue weighted by molar-refractivity contribution is 5.68. The summed E-state index contributed by atoms with van der Waals surface area (Å²) in [4.78, 5) is 24.1. The number of fused-ring (bicyclic) bond motifs is 2. The van der Waals surface area contributed by atoms with Gasteiger partial charge in [-0.25, -0.2) is 4.79 Å². The van der Waals surface area contributed by atoms with Crippen LogP contribution in [-0.2, 0) is 19.2 Å². The summed E-state index contributed by atoms with van der Waals surface area (Å²) in [5, 5.41) is 2.64. The molecule has 0 aromatic heterocycles. The van der Waals surface area contributed by atoms with E-state index >= 15 is 0 Å². The average Bonchev–Trinajstić information content (AvgIpc) is 3.11. The van der Waals surface area contributed by atoms with Crippen LogP contribution in [0.5, 0.6) is 0 Å². The van der Waals surface area contributed by atoms with Gasteiger partial charge in [0, 0.05) is 37.8 Å². The first-order valence-electron chi connectivity index (χ1n) is 12.6. The van der Waals surface area contributed by atoms with Gasteiger partial charge in [0.25, 0.3) is 0 Å². The van der Waals surface area contributed by atoms with Crippen LogP contribution in [0.25, 0.3) is 0 Å². The third kappa shape index (κ3) is 2.29. The van der Waals surface area contributed by atoms with Crippen molar-refractivity contribution < 1.29 is 24.0 Å². The second-order valence-corrected chi connectivity index (χ2v) is 11.7. The topological polar surface area (TPSA) is 92.0 Å². The molecule has 6 unspecified atom stereocenters. The summed E-state index contributed by atoms with van der Waals surface area (Å²) in [5.74, 6) is 2.99. The Kier molecular flexibility index (Phi) is 3.99. The van der Waals surface area contributed by atoms with Crippen LogP contribution in [0.3, 0.4) is 0 Å². The molecule has 6 aliphatic carbocycles. The normalized spacial score (nSPS) is 53.8. The minimum atomic E-state index is -0.593. The van der Waals surface area contributed by atoms with Crippen LogP contribution >= 0.6 is 0 Å². The van der Waals surface area contributed by atoms with Crippen molar-refractivity contribution in [3.05, 3.63) is 24.0 Å². The number of hydrogen-bond acceptors (Lipinski definition) is 6. The van der Waals surface area contributed by atoms with Crippen LogP contribution in [0.4, 0.5) is 4.79 Å². The number of nitrogens with one attached hydrogen (secondary N) is 1. The lowest BCUT2D eigenvalue weighted by Crippen LogP contribution is -2.90. The van der Waals surface area contributed by atoms with E-state index in [1.54, 1.807) is 0 Å². The lowest BCUT2D eigenvalue weighted by molar-refractivity contribution is -0.537. The number of amides is 1. The predicted octanol–water partition coefficient (Wildman–Crippen LogP) is 3.76. The van der Waals surface area contributed by atoms with E-state index in [0.717, 1.165) is 43.9 Å².